The Labute approximate surface area is 196 Å². The van der Waals surface area contributed by atoms with Crippen molar-refractivity contribution >= 4 is 29.2 Å². The predicted octanol–water partition coefficient (Wildman–Crippen LogP) is 4.80. The van der Waals surface area contributed by atoms with E-state index in [1.54, 1.807) is 19.2 Å². The van der Waals surface area contributed by atoms with Gasteiger partial charge in [-0.1, -0.05) is 30.7 Å². The van der Waals surface area contributed by atoms with Crippen LogP contribution in [0.4, 0.5) is 0 Å². The number of halogens is 1. The number of hydrogen-bond acceptors (Lipinski definition) is 5. The van der Waals surface area contributed by atoms with Crippen LogP contribution in [0.2, 0.25) is 5.02 Å². The van der Waals surface area contributed by atoms with Gasteiger partial charge in [0.15, 0.2) is 0 Å². The van der Waals surface area contributed by atoms with Crippen LogP contribution in [0.1, 0.15) is 65.4 Å². The molecule has 1 aliphatic rings. The maximum Gasteiger partial charge on any atom is 0.306 e. The Kier molecular flexibility index (Phi) is 9.32. The topological polar surface area (TPSA) is 93.8 Å². The molecule has 0 heterocycles. The summed E-state index contributed by atoms with van der Waals surface area (Å²) in [5, 5.41) is 3.54. The third kappa shape index (κ3) is 7.37. The van der Waals surface area contributed by atoms with Gasteiger partial charge < -0.3 is 15.8 Å². The zero-order valence-electron chi connectivity index (χ0n) is 19.8. The first-order chi connectivity index (χ1) is 15.1. The molecule has 1 saturated carbocycles. The van der Waals surface area contributed by atoms with Crippen LogP contribution in [0, 0.1) is 11.8 Å². The molecule has 0 aliphatic heterocycles. The minimum absolute atomic E-state index is 0.161. The smallest absolute Gasteiger partial charge is 0.306 e. The van der Waals surface area contributed by atoms with Crippen LogP contribution in [-0.4, -0.2) is 30.2 Å². The van der Waals surface area contributed by atoms with Gasteiger partial charge in [0.2, 0.25) is 0 Å². The molecule has 0 bridgehead atoms. The van der Waals surface area contributed by atoms with E-state index in [-0.39, 0.29) is 23.5 Å². The number of rotatable bonds is 7. The van der Waals surface area contributed by atoms with Crippen LogP contribution in [0.25, 0.3) is 0 Å². The van der Waals surface area contributed by atoms with Crippen molar-refractivity contribution in [1.82, 2.24) is 5.32 Å². The normalized spacial score (nSPS) is 21.9. The molecule has 2 unspecified atom stereocenters. The second-order valence-corrected chi connectivity index (χ2v) is 9.69. The Morgan fingerprint density at radius 1 is 1.25 bits per heavy atom. The molecule has 1 amide bonds. The van der Waals surface area contributed by atoms with Gasteiger partial charge in [0.25, 0.3) is 5.91 Å². The van der Waals surface area contributed by atoms with Crippen molar-refractivity contribution in [1.29, 1.82) is 0 Å². The van der Waals surface area contributed by atoms with Gasteiger partial charge in [-0.15, -0.1) is 0 Å². The highest BCUT2D eigenvalue weighted by atomic mass is 35.5. The molecule has 0 spiro atoms. The number of nitrogens with zero attached hydrogens (tertiary/aromatic N) is 1. The second kappa shape index (κ2) is 11.5. The summed E-state index contributed by atoms with van der Waals surface area (Å²) in [6.45, 7) is 8.11. The number of allylic oxidation sites excluding steroid dienone is 1. The number of benzene rings is 1. The first-order valence-corrected chi connectivity index (χ1v) is 11.6. The summed E-state index contributed by atoms with van der Waals surface area (Å²) in [5.41, 5.74) is 8.69. The van der Waals surface area contributed by atoms with Crippen LogP contribution in [-0.2, 0) is 20.9 Å². The summed E-state index contributed by atoms with van der Waals surface area (Å²) >= 11 is 5.91. The molecule has 2 rings (SSSR count). The molecule has 6 nitrogen and oxygen atoms in total. The standard InChI is InChI=1S/C25H36ClN3O3/c1-6-19-17(10-14-21(30)32-25(2,3)4)9-13-20(23(19)28-5)22(27)24(31)29-15-16-7-11-18(26)12-8-16/h7-8,11-12,17,19H,6,9-10,13-15,27H2,1-5H3,(H,29,31). The minimum Gasteiger partial charge on any atom is -0.460 e. The number of nitrogens with two attached hydrogens (primary N) is 1. The average molecular weight is 462 g/mol. The lowest BCUT2D eigenvalue weighted by Crippen LogP contribution is -2.36. The van der Waals surface area contributed by atoms with E-state index in [4.69, 9.17) is 22.1 Å². The third-order valence-electron chi connectivity index (χ3n) is 5.75. The largest absolute Gasteiger partial charge is 0.460 e. The Morgan fingerprint density at radius 2 is 1.91 bits per heavy atom. The summed E-state index contributed by atoms with van der Waals surface area (Å²) in [6, 6.07) is 7.32. The van der Waals surface area contributed by atoms with Gasteiger partial charge in [-0.05, 0) is 70.1 Å². The van der Waals surface area contributed by atoms with Gasteiger partial charge in [-0.3, -0.25) is 14.6 Å². The fourth-order valence-corrected chi connectivity index (χ4v) is 4.39. The highest BCUT2D eigenvalue weighted by Crippen LogP contribution is 2.37. The van der Waals surface area contributed by atoms with E-state index in [1.807, 2.05) is 32.9 Å². The monoisotopic (exact) mass is 461 g/mol. The maximum atomic E-state index is 12.7. The summed E-state index contributed by atoms with van der Waals surface area (Å²) in [7, 11) is 1.74. The molecule has 32 heavy (non-hydrogen) atoms. The van der Waals surface area contributed by atoms with Crippen molar-refractivity contribution in [3.63, 3.8) is 0 Å². The Balaban J connectivity index is 2.06. The van der Waals surface area contributed by atoms with Crippen molar-refractivity contribution in [2.45, 2.75) is 71.9 Å². The SMILES string of the molecule is CCC1C(=NC)C(=C(N)C(=O)NCc2ccc(Cl)cc2)CCC1CCC(=O)OC(C)(C)C. The number of amides is 1. The van der Waals surface area contributed by atoms with Crippen LogP contribution >= 0.6 is 11.6 Å². The first-order valence-electron chi connectivity index (χ1n) is 11.3. The molecular formula is C25H36ClN3O3. The number of ether oxygens (including phenoxy) is 1. The van der Waals surface area contributed by atoms with E-state index in [0.29, 0.717) is 30.3 Å². The highest BCUT2D eigenvalue weighted by Gasteiger charge is 2.34. The number of aliphatic imine (C=N–C) groups is 1. The van der Waals surface area contributed by atoms with Crippen LogP contribution < -0.4 is 11.1 Å². The molecule has 3 N–H and O–H groups in total. The van der Waals surface area contributed by atoms with E-state index >= 15 is 0 Å². The number of carbonyl (C=O) groups excluding carboxylic acids is 2. The molecule has 0 radical (unpaired) electrons. The number of esters is 1. The van der Waals surface area contributed by atoms with E-state index in [2.05, 4.69) is 17.2 Å². The summed E-state index contributed by atoms with van der Waals surface area (Å²) in [5.74, 6) is -0.00312. The average Bonchev–Trinajstić information content (AvgIpc) is 2.74. The molecule has 1 aromatic carbocycles. The molecule has 176 valence electrons. The summed E-state index contributed by atoms with van der Waals surface area (Å²) < 4.78 is 5.45. The predicted molar refractivity (Wildman–Crippen MR) is 129 cm³/mol. The van der Waals surface area contributed by atoms with Crippen molar-refractivity contribution in [2.75, 3.05) is 7.05 Å². The zero-order chi connectivity index (χ0) is 23.9. The number of nitrogens with one attached hydrogen (secondary N) is 1. The van der Waals surface area contributed by atoms with Gasteiger partial charge in [-0.25, -0.2) is 0 Å². The fraction of sp³-hybridized carbons (Fsp3) is 0.560. The van der Waals surface area contributed by atoms with Crippen molar-refractivity contribution in [2.24, 2.45) is 22.6 Å². The molecule has 1 fully saturated rings. The van der Waals surface area contributed by atoms with E-state index in [9.17, 15) is 9.59 Å². The number of hydrogen-bond donors (Lipinski definition) is 2. The lowest BCUT2D eigenvalue weighted by Gasteiger charge is -2.34. The van der Waals surface area contributed by atoms with Crippen LogP contribution in [0.3, 0.4) is 0 Å². The summed E-state index contributed by atoms with van der Waals surface area (Å²) in [4.78, 5) is 29.4. The third-order valence-corrected chi connectivity index (χ3v) is 6.00. The Hall–Kier alpha value is -2.34. The molecule has 0 aromatic heterocycles. The zero-order valence-corrected chi connectivity index (χ0v) is 20.6. The Morgan fingerprint density at radius 3 is 2.47 bits per heavy atom. The fourth-order valence-electron chi connectivity index (χ4n) is 4.26. The molecule has 1 aliphatic carbocycles. The van der Waals surface area contributed by atoms with Crippen molar-refractivity contribution in [3.05, 3.63) is 46.1 Å². The highest BCUT2D eigenvalue weighted by molar-refractivity contribution is 6.30. The first kappa shape index (κ1) is 25.9. The quantitative estimate of drug-likeness (QED) is 0.450. The minimum atomic E-state index is -0.479. The van der Waals surface area contributed by atoms with Gasteiger partial charge in [0.05, 0.1) is 0 Å². The molecule has 0 saturated heterocycles. The van der Waals surface area contributed by atoms with Gasteiger partial charge in [-0.2, -0.15) is 0 Å². The Bertz CT molecular complexity index is 869. The van der Waals surface area contributed by atoms with Crippen molar-refractivity contribution < 1.29 is 14.3 Å². The van der Waals surface area contributed by atoms with E-state index in [1.165, 1.54) is 0 Å². The van der Waals surface area contributed by atoms with Gasteiger partial charge in [0.1, 0.15) is 11.3 Å². The van der Waals surface area contributed by atoms with Gasteiger partial charge in [0, 0.05) is 42.2 Å². The molecule has 1 aromatic rings. The molecule has 2 atom stereocenters. The van der Waals surface area contributed by atoms with Crippen molar-refractivity contribution in [3.8, 4) is 0 Å². The molecule has 7 heteroatoms. The lowest BCUT2D eigenvalue weighted by atomic mass is 9.71. The van der Waals surface area contributed by atoms with E-state index < -0.39 is 5.60 Å². The van der Waals surface area contributed by atoms with Crippen LogP contribution in [0.15, 0.2) is 40.5 Å². The maximum absolute atomic E-state index is 12.7. The lowest BCUT2D eigenvalue weighted by molar-refractivity contribution is -0.155. The van der Waals surface area contributed by atoms with Crippen LogP contribution in [0.5, 0.6) is 0 Å². The van der Waals surface area contributed by atoms with Gasteiger partial charge >= 0.3 is 5.97 Å². The molecular weight excluding hydrogens is 426 g/mol. The summed E-state index contributed by atoms with van der Waals surface area (Å²) in [6.07, 6.45) is 3.52. The van der Waals surface area contributed by atoms with E-state index in [0.717, 1.165) is 36.1 Å². The second-order valence-electron chi connectivity index (χ2n) is 9.25. The number of carbonyl (C=O) groups is 2.